The average molecular weight is 534 g/mol. The molecule has 1 N–H and O–H groups in total. The number of benzene rings is 3. The van der Waals surface area contributed by atoms with Crippen molar-refractivity contribution in [1.82, 2.24) is 4.98 Å². The lowest BCUT2D eigenvalue weighted by atomic mass is 10.1. The van der Waals surface area contributed by atoms with Crippen LogP contribution in [-0.2, 0) is 14.6 Å². The number of methoxy groups -OCH3 is 1. The van der Waals surface area contributed by atoms with E-state index in [1.807, 2.05) is 35.7 Å². The van der Waals surface area contributed by atoms with Gasteiger partial charge in [-0.25, -0.2) is 13.4 Å². The summed E-state index contributed by atoms with van der Waals surface area (Å²) in [5.41, 5.74) is 2.43. The number of hydrogen-bond acceptors (Lipinski definition) is 8. The van der Waals surface area contributed by atoms with Crippen LogP contribution >= 0.6 is 11.3 Å². The molecule has 10 heteroatoms. The monoisotopic (exact) mass is 533 g/mol. The van der Waals surface area contributed by atoms with E-state index in [0.29, 0.717) is 33.5 Å². The van der Waals surface area contributed by atoms with Gasteiger partial charge in [-0.05, 0) is 48.5 Å². The molecule has 1 atom stereocenters. The Labute approximate surface area is 219 Å². The number of hydrogen-bond donors (Lipinski definition) is 1. The van der Waals surface area contributed by atoms with Gasteiger partial charge < -0.3 is 9.47 Å². The summed E-state index contributed by atoms with van der Waals surface area (Å²) < 4.78 is 35.7. The van der Waals surface area contributed by atoms with Crippen molar-refractivity contribution in [1.29, 1.82) is 5.26 Å². The molecule has 0 aliphatic carbocycles. The van der Waals surface area contributed by atoms with E-state index in [1.54, 1.807) is 50.4 Å². The summed E-state index contributed by atoms with van der Waals surface area (Å²) in [7, 11) is -1.81. The normalized spacial score (nSPS) is 11.8. The van der Waals surface area contributed by atoms with Gasteiger partial charge in [-0.3, -0.25) is 10.1 Å². The summed E-state index contributed by atoms with van der Waals surface area (Å²) >= 11 is 1.26. The molecule has 0 spiro atoms. The summed E-state index contributed by atoms with van der Waals surface area (Å²) in [6.45, 7) is 1.57. The van der Waals surface area contributed by atoms with Crippen molar-refractivity contribution in [3.05, 3.63) is 89.3 Å². The maximum absolute atomic E-state index is 13.4. The molecule has 0 saturated carbocycles. The summed E-state index contributed by atoms with van der Waals surface area (Å²) in [4.78, 5) is 18.0. The maximum atomic E-state index is 13.4. The van der Waals surface area contributed by atoms with Crippen LogP contribution in [0.25, 0.3) is 11.3 Å². The second-order valence-corrected chi connectivity index (χ2v) is 11.0. The van der Waals surface area contributed by atoms with Gasteiger partial charge in [-0.2, -0.15) is 5.26 Å². The third kappa shape index (κ3) is 6.14. The molecule has 0 radical (unpaired) electrons. The quantitative estimate of drug-likeness (QED) is 0.312. The number of carbonyl (C=O) groups excluding carboxylic acids is 1. The summed E-state index contributed by atoms with van der Waals surface area (Å²) in [6.07, 6.45) is -1.10. The van der Waals surface area contributed by atoms with E-state index in [9.17, 15) is 13.2 Å². The number of ether oxygens (including phenoxy) is 2. The number of carbonyl (C=O) groups is 1. The van der Waals surface area contributed by atoms with Gasteiger partial charge in [0.2, 0.25) is 6.10 Å². The van der Waals surface area contributed by atoms with Crippen LogP contribution in [0.2, 0.25) is 0 Å². The average Bonchev–Trinajstić information content (AvgIpc) is 3.40. The lowest BCUT2D eigenvalue weighted by molar-refractivity contribution is -0.123. The molecule has 3 aromatic carbocycles. The first kappa shape index (κ1) is 25.9. The van der Waals surface area contributed by atoms with Crippen LogP contribution in [0.1, 0.15) is 24.2 Å². The van der Waals surface area contributed by atoms with Crippen molar-refractivity contribution in [3.8, 4) is 28.8 Å². The zero-order valence-corrected chi connectivity index (χ0v) is 21.7. The first-order valence-electron chi connectivity index (χ1n) is 11.2. The Bertz CT molecular complexity index is 1540. The number of thiazole rings is 1. The molecule has 0 fully saturated rings. The minimum Gasteiger partial charge on any atom is -0.497 e. The third-order valence-corrected chi connectivity index (χ3v) is 8.01. The van der Waals surface area contributed by atoms with Crippen LogP contribution in [0.4, 0.5) is 5.13 Å². The second kappa shape index (κ2) is 11.2. The van der Waals surface area contributed by atoms with Gasteiger partial charge in [0.1, 0.15) is 11.5 Å². The first-order chi connectivity index (χ1) is 17.8. The van der Waals surface area contributed by atoms with Gasteiger partial charge in [-0.1, -0.05) is 31.2 Å². The standard InChI is InChI=1S/C27H23N3O5S2/c1-3-37(32,33)23-13-9-19(10-14-23)25(35-21-11-7-18(16-28)8-12-21)26(31)30-27-29-24(17-36-27)20-5-4-6-22(15-20)34-2/h4-15,17,25H,3H2,1-2H3,(H,29,30,31). The molecule has 1 amide bonds. The molecule has 0 saturated heterocycles. The highest BCUT2D eigenvalue weighted by molar-refractivity contribution is 7.91. The third-order valence-electron chi connectivity index (χ3n) is 5.50. The van der Waals surface area contributed by atoms with Gasteiger partial charge in [0.05, 0.1) is 35.1 Å². The highest BCUT2D eigenvalue weighted by atomic mass is 32.2. The van der Waals surface area contributed by atoms with Crippen molar-refractivity contribution in [3.63, 3.8) is 0 Å². The number of nitriles is 1. The highest BCUT2D eigenvalue weighted by Crippen LogP contribution is 2.30. The second-order valence-electron chi connectivity index (χ2n) is 7.87. The van der Waals surface area contributed by atoms with Crippen molar-refractivity contribution >= 4 is 32.2 Å². The van der Waals surface area contributed by atoms with E-state index >= 15 is 0 Å². The van der Waals surface area contributed by atoms with E-state index in [1.165, 1.54) is 23.5 Å². The number of aromatic nitrogens is 1. The molecule has 4 rings (SSSR count). The Hall–Kier alpha value is -4.20. The number of rotatable bonds is 9. The van der Waals surface area contributed by atoms with Gasteiger partial charge in [-0.15, -0.1) is 11.3 Å². The van der Waals surface area contributed by atoms with Crippen molar-refractivity contribution < 1.29 is 22.7 Å². The van der Waals surface area contributed by atoms with E-state index in [4.69, 9.17) is 14.7 Å². The molecule has 0 aliphatic heterocycles. The van der Waals surface area contributed by atoms with Gasteiger partial charge >= 0.3 is 0 Å². The van der Waals surface area contributed by atoms with Gasteiger partial charge in [0, 0.05) is 16.5 Å². The topological polar surface area (TPSA) is 118 Å². The minimum absolute atomic E-state index is 0.0301. The van der Waals surface area contributed by atoms with Crippen LogP contribution in [0.5, 0.6) is 11.5 Å². The van der Waals surface area contributed by atoms with E-state index in [2.05, 4.69) is 10.3 Å². The Kier molecular flexibility index (Phi) is 7.86. The highest BCUT2D eigenvalue weighted by Gasteiger charge is 2.25. The van der Waals surface area contributed by atoms with E-state index < -0.39 is 21.8 Å². The summed E-state index contributed by atoms with van der Waals surface area (Å²) in [5.74, 6) is 0.556. The first-order valence-corrected chi connectivity index (χ1v) is 13.8. The van der Waals surface area contributed by atoms with Crippen LogP contribution in [0, 0.1) is 11.3 Å². The molecular weight excluding hydrogens is 510 g/mol. The molecule has 8 nitrogen and oxygen atoms in total. The molecule has 1 unspecified atom stereocenters. The van der Waals surface area contributed by atoms with Crippen molar-refractivity contribution in [2.24, 2.45) is 0 Å². The zero-order valence-electron chi connectivity index (χ0n) is 20.0. The molecule has 1 heterocycles. The largest absolute Gasteiger partial charge is 0.497 e. The summed E-state index contributed by atoms with van der Waals surface area (Å²) in [6, 6.07) is 21.9. The number of sulfone groups is 1. The maximum Gasteiger partial charge on any atom is 0.271 e. The van der Waals surface area contributed by atoms with E-state index in [0.717, 1.165) is 5.56 Å². The predicted molar refractivity (Wildman–Crippen MR) is 141 cm³/mol. The lowest BCUT2D eigenvalue weighted by Crippen LogP contribution is -2.25. The molecule has 1 aromatic heterocycles. The predicted octanol–water partition coefficient (Wildman–Crippen LogP) is 5.24. The van der Waals surface area contributed by atoms with Gasteiger partial charge in [0.25, 0.3) is 5.91 Å². The zero-order chi connectivity index (χ0) is 26.4. The van der Waals surface area contributed by atoms with E-state index in [-0.39, 0.29) is 10.6 Å². The van der Waals surface area contributed by atoms with Crippen molar-refractivity contribution in [2.45, 2.75) is 17.9 Å². The van der Waals surface area contributed by atoms with Crippen LogP contribution in [0.3, 0.4) is 0 Å². The Morgan fingerprint density at radius 2 is 1.81 bits per heavy atom. The van der Waals surface area contributed by atoms with Crippen LogP contribution < -0.4 is 14.8 Å². The SMILES string of the molecule is CCS(=O)(=O)c1ccc(C(Oc2ccc(C#N)cc2)C(=O)Nc2nc(-c3cccc(OC)c3)cs2)cc1. The van der Waals surface area contributed by atoms with Gasteiger partial charge in [0.15, 0.2) is 15.0 Å². The van der Waals surface area contributed by atoms with Crippen LogP contribution in [0.15, 0.2) is 83.1 Å². The fraction of sp³-hybridized carbons (Fsp3) is 0.148. The minimum atomic E-state index is -3.39. The van der Waals surface area contributed by atoms with Crippen LogP contribution in [-0.4, -0.2) is 32.2 Å². The lowest BCUT2D eigenvalue weighted by Gasteiger charge is -2.19. The molecular formula is C27H23N3O5S2. The number of amides is 1. The van der Waals surface area contributed by atoms with Crippen molar-refractivity contribution in [2.75, 3.05) is 18.2 Å². The number of nitrogens with zero attached hydrogens (tertiary/aromatic N) is 2. The fourth-order valence-corrected chi connectivity index (χ4v) is 5.06. The Morgan fingerprint density at radius 1 is 1.08 bits per heavy atom. The molecule has 4 aromatic rings. The fourth-order valence-electron chi connectivity index (χ4n) is 3.45. The summed E-state index contributed by atoms with van der Waals surface area (Å²) in [5, 5.41) is 14.1. The molecule has 0 bridgehead atoms. The Balaban J connectivity index is 1.60. The molecule has 0 aliphatic rings. The molecule has 37 heavy (non-hydrogen) atoms. The smallest absolute Gasteiger partial charge is 0.271 e. The number of nitrogens with one attached hydrogen (secondary N) is 1. The number of anilines is 1. The Morgan fingerprint density at radius 3 is 2.46 bits per heavy atom. The molecule has 188 valence electrons.